The molecule has 0 heterocycles. The number of carbonyl (C=O) groups is 1. The van der Waals surface area contributed by atoms with Crippen LogP contribution in [-0.2, 0) is 11.2 Å². The van der Waals surface area contributed by atoms with E-state index in [1.807, 2.05) is 0 Å². The second kappa shape index (κ2) is 12.8. The molecule has 1 aliphatic rings. The number of aldehydes is 1. The van der Waals surface area contributed by atoms with Gasteiger partial charge in [0.15, 0.2) is 0 Å². The summed E-state index contributed by atoms with van der Waals surface area (Å²) in [6.45, 7) is 4.17. The summed E-state index contributed by atoms with van der Waals surface area (Å²) in [4.78, 5) is 13.0. The van der Waals surface area contributed by atoms with Crippen LogP contribution in [0.4, 0.5) is 0 Å². The van der Waals surface area contributed by atoms with Gasteiger partial charge in [-0.15, -0.1) is 0 Å². The van der Waals surface area contributed by atoms with E-state index in [1.165, 1.54) is 22.3 Å². The maximum atomic E-state index is 10.8. The summed E-state index contributed by atoms with van der Waals surface area (Å²) >= 11 is 0. The van der Waals surface area contributed by atoms with Crippen LogP contribution in [0.1, 0.15) is 38.3 Å². The van der Waals surface area contributed by atoms with Gasteiger partial charge in [0.2, 0.25) is 0 Å². The van der Waals surface area contributed by atoms with Crippen LogP contribution in [0.2, 0.25) is 0 Å². The van der Waals surface area contributed by atoms with Crippen LogP contribution in [0.3, 0.4) is 0 Å². The van der Waals surface area contributed by atoms with Crippen molar-refractivity contribution in [3.63, 3.8) is 0 Å². The molecule has 0 fully saturated rings. The SMILES string of the molecule is C.CC(CC=O)C1=C(CCN(C)C)Cc2ccccc21.CNCCO. The Labute approximate surface area is 153 Å². The van der Waals surface area contributed by atoms with E-state index in [2.05, 4.69) is 55.5 Å². The predicted octanol–water partition coefficient (Wildman–Crippen LogP) is 3.01. The minimum atomic E-state index is 0. The third-order valence-electron chi connectivity index (χ3n) is 4.26. The number of rotatable bonds is 8. The van der Waals surface area contributed by atoms with Crippen molar-refractivity contribution >= 4 is 11.9 Å². The fourth-order valence-electron chi connectivity index (χ4n) is 3.02. The topological polar surface area (TPSA) is 52.6 Å². The first kappa shape index (κ1) is 23.5. The number of aliphatic hydroxyl groups is 1. The number of benzene rings is 1. The zero-order chi connectivity index (χ0) is 17.9. The molecule has 0 bridgehead atoms. The Morgan fingerprint density at radius 3 is 2.52 bits per heavy atom. The van der Waals surface area contributed by atoms with Gasteiger partial charge in [-0.3, -0.25) is 0 Å². The van der Waals surface area contributed by atoms with Gasteiger partial charge in [0.25, 0.3) is 0 Å². The van der Waals surface area contributed by atoms with Crippen LogP contribution in [-0.4, -0.2) is 57.1 Å². The molecule has 4 heteroatoms. The van der Waals surface area contributed by atoms with Crippen molar-refractivity contribution in [1.29, 1.82) is 0 Å². The Morgan fingerprint density at radius 2 is 2.00 bits per heavy atom. The van der Waals surface area contributed by atoms with Crippen LogP contribution in [0.5, 0.6) is 0 Å². The van der Waals surface area contributed by atoms with E-state index in [-0.39, 0.29) is 14.0 Å². The van der Waals surface area contributed by atoms with Crippen molar-refractivity contribution in [3.8, 4) is 0 Å². The molecule has 0 spiro atoms. The largest absolute Gasteiger partial charge is 0.395 e. The minimum absolute atomic E-state index is 0. The molecule has 2 N–H and O–H groups in total. The second-order valence-electron chi connectivity index (χ2n) is 6.54. The number of nitrogens with zero attached hydrogens (tertiary/aromatic N) is 1. The van der Waals surface area contributed by atoms with Crippen molar-refractivity contribution in [1.82, 2.24) is 10.2 Å². The van der Waals surface area contributed by atoms with Crippen molar-refractivity contribution < 1.29 is 9.90 Å². The number of hydrogen-bond donors (Lipinski definition) is 2. The van der Waals surface area contributed by atoms with Gasteiger partial charge in [-0.1, -0.05) is 44.2 Å². The normalized spacial score (nSPS) is 13.7. The van der Waals surface area contributed by atoms with Crippen LogP contribution >= 0.6 is 0 Å². The van der Waals surface area contributed by atoms with Crippen molar-refractivity contribution in [3.05, 3.63) is 41.0 Å². The Balaban J connectivity index is 0.000000848. The van der Waals surface area contributed by atoms with Crippen LogP contribution in [0.25, 0.3) is 5.57 Å². The summed E-state index contributed by atoms with van der Waals surface area (Å²) in [6.07, 6.45) is 3.82. The Bertz CT molecular complexity index is 536. The number of nitrogens with one attached hydrogen (secondary N) is 1. The van der Waals surface area contributed by atoms with Gasteiger partial charge in [-0.05, 0) is 56.6 Å². The molecule has 1 atom stereocenters. The Hall–Kier alpha value is -1.49. The highest BCUT2D eigenvalue weighted by Gasteiger charge is 2.24. The number of likely N-dealkylation sites (N-methyl/N-ethyl adjacent to an activating group) is 1. The molecule has 4 nitrogen and oxygen atoms in total. The van der Waals surface area contributed by atoms with Gasteiger partial charge in [0, 0.05) is 19.5 Å². The summed E-state index contributed by atoms with van der Waals surface area (Å²) in [5.74, 6) is 0.332. The average Bonchev–Trinajstić information content (AvgIpc) is 2.93. The van der Waals surface area contributed by atoms with Crippen LogP contribution in [0, 0.1) is 5.92 Å². The maximum absolute atomic E-state index is 10.8. The third-order valence-corrected chi connectivity index (χ3v) is 4.26. The van der Waals surface area contributed by atoms with E-state index in [0.29, 0.717) is 18.9 Å². The van der Waals surface area contributed by atoms with E-state index in [0.717, 1.165) is 25.7 Å². The molecule has 1 aliphatic carbocycles. The Morgan fingerprint density at radius 1 is 1.32 bits per heavy atom. The van der Waals surface area contributed by atoms with Crippen molar-refractivity contribution in [2.45, 2.75) is 33.6 Å². The lowest BCUT2D eigenvalue weighted by molar-refractivity contribution is -0.108. The highest BCUT2D eigenvalue weighted by Crippen LogP contribution is 2.39. The van der Waals surface area contributed by atoms with Crippen LogP contribution in [0.15, 0.2) is 29.8 Å². The lowest BCUT2D eigenvalue weighted by Crippen LogP contribution is -2.14. The third kappa shape index (κ3) is 7.51. The van der Waals surface area contributed by atoms with E-state index in [1.54, 1.807) is 7.05 Å². The summed E-state index contributed by atoms with van der Waals surface area (Å²) < 4.78 is 0. The molecule has 0 saturated carbocycles. The highest BCUT2D eigenvalue weighted by molar-refractivity contribution is 5.79. The fraction of sp³-hybridized carbons (Fsp3) is 0.571. The maximum Gasteiger partial charge on any atom is 0.120 e. The summed E-state index contributed by atoms with van der Waals surface area (Å²) in [7, 11) is 6.02. The molecule has 1 unspecified atom stereocenters. The second-order valence-corrected chi connectivity index (χ2v) is 6.54. The molecule has 1 aromatic rings. The molecule has 142 valence electrons. The zero-order valence-electron chi connectivity index (χ0n) is 15.5. The fourth-order valence-corrected chi connectivity index (χ4v) is 3.02. The van der Waals surface area contributed by atoms with E-state index >= 15 is 0 Å². The average molecular weight is 349 g/mol. The summed E-state index contributed by atoms with van der Waals surface area (Å²) in [5.41, 5.74) is 5.73. The predicted molar refractivity (Wildman–Crippen MR) is 108 cm³/mol. The Kier molecular flexibility index (Phi) is 12.0. The van der Waals surface area contributed by atoms with Gasteiger partial charge in [-0.2, -0.15) is 0 Å². The quantitative estimate of drug-likeness (QED) is 0.709. The van der Waals surface area contributed by atoms with Gasteiger partial charge in [0.05, 0.1) is 6.61 Å². The van der Waals surface area contributed by atoms with Gasteiger partial charge in [-0.25, -0.2) is 0 Å². The lowest BCUT2D eigenvalue weighted by atomic mass is 9.90. The van der Waals surface area contributed by atoms with E-state index in [4.69, 9.17) is 5.11 Å². The van der Waals surface area contributed by atoms with Gasteiger partial charge in [0.1, 0.15) is 6.29 Å². The first-order valence-electron chi connectivity index (χ1n) is 8.69. The molecular weight excluding hydrogens is 312 g/mol. The molecular formula is C21H36N2O2. The summed E-state index contributed by atoms with van der Waals surface area (Å²) in [6, 6.07) is 8.62. The molecule has 25 heavy (non-hydrogen) atoms. The van der Waals surface area contributed by atoms with E-state index < -0.39 is 0 Å². The van der Waals surface area contributed by atoms with Crippen molar-refractivity contribution in [2.75, 3.05) is 40.8 Å². The van der Waals surface area contributed by atoms with E-state index in [9.17, 15) is 4.79 Å². The monoisotopic (exact) mass is 348 g/mol. The first-order valence-corrected chi connectivity index (χ1v) is 8.69. The number of aliphatic hydroxyl groups excluding tert-OH is 1. The first-order chi connectivity index (χ1) is 11.5. The van der Waals surface area contributed by atoms with Crippen molar-refractivity contribution in [2.24, 2.45) is 5.92 Å². The van der Waals surface area contributed by atoms with Gasteiger partial charge < -0.3 is 20.1 Å². The number of carbonyl (C=O) groups excluding carboxylic acids is 1. The standard InChI is InChI=1S/C17H23NO.C3H9NO.CH4/c1-13(9-11-19)17-15(8-10-18(2)3)12-14-6-4-5-7-16(14)17;1-4-2-3-5;/h4-7,11,13H,8-10,12H2,1-3H3;4-5H,2-3H2,1H3;1H4. The number of hydrogen-bond acceptors (Lipinski definition) is 4. The van der Waals surface area contributed by atoms with Crippen LogP contribution < -0.4 is 5.32 Å². The minimum Gasteiger partial charge on any atom is -0.395 e. The highest BCUT2D eigenvalue weighted by atomic mass is 16.3. The molecule has 0 amide bonds. The molecule has 0 aromatic heterocycles. The smallest absolute Gasteiger partial charge is 0.120 e. The molecule has 2 rings (SSSR count). The van der Waals surface area contributed by atoms with Gasteiger partial charge >= 0.3 is 0 Å². The molecule has 0 saturated heterocycles. The molecule has 0 radical (unpaired) electrons. The summed E-state index contributed by atoms with van der Waals surface area (Å²) in [5, 5.41) is 10.8. The zero-order valence-corrected chi connectivity index (χ0v) is 15.5. The number of allylic oxidation sites excluding steroid dienone is 1. The molecule has 1 aromatic carbocycles. The number of fused-ring (bicyclic) bond motifs is 1. The lowest BCUT2D eigenvalue weighted by Gasteiger charge is -2.16. The molecule has 0 aliphatic heterocycles.